The summed E-state index contributed by atoms with van der Waals surface area (Å²) in [5, 5.41) is 3.55. The van der Waals surface area contributed by atoms with Gasteiger partial charge in [0, 0.05) is 24.8 Å². The third-order valence-corrected chi connectivity index (χ3v) is 3.24. The number of amides is 1. The summed E-state index contributed by atoms with van der Waals surface area (Å²) < 4.78 is 4.89. The molecule has 0 spiro atoms. The highest BCUT2D eigenvalue weighted by Crippen LogP contribution is 2.24. The van der Waals surface area contributed by atoms with Crippen molar-refractivity contribution in [3.63, 3.8) is 0 Å². The SMILES string of the molecule is Nc1cccc2c1CCN(C(=O)c1ccno1)C2. The van der Waals surface area contributed by atoms with E-state index in [0.717, 1.165) is 23.2 Å². The topological polar surface area (TPSA) is 72.4 Å². The van der Waals surface area contributed by atoms with E-state index >= 15 is 0 Å². The molecule has 0 saturated heterocycles. The van der Waals surface area contributed by atoms with E-state index in [1.165, 1.54) is 6.20 Å². The summed E-state index contributed by atoms with van der Waals surface area (Å²) in [6.07, 6.45) is 2.25. The van der Waals surface area contributed by atoms with Gasteiger partial charge >= 0.3 is 0 Å². The Morgan fingerprint density at radius 1 is 1.39 bits per heavy atom. The molecule has 18 heavy (non-hydrogen) atoms. The molecule has 0 fully saturated rings. The van der Waals surface area contributed by atoms with Crippen molar-refractivity contribution in [1.29, 1.82) is 0 Å². The van der Waals surface area contributed by atoms with Crippen LogP contribution in [0.25, 0.3) is 0 Å². The molecule has 0 atom stereocenters. The number of nitrogens with two attached hydrogens (primary N) is 1. The molecule has 5 heteroatoms. The Morgan fingerprint density at radius 3 is 3.06 bits per heavy atom. The Hall–Kier alpha value is -2.30. The molecular weight excluding hydrogens is 230 g/mol. The number of aromatic nitrogens is 1. The molecule has 92 valence electrons. The van der Waals surface area contributed by atoms with Crippen molar-refractivity contribution in [1.82, 2.24) is 10.1 Å². The second-order valence-corrected chi connectivity index (χ2v) is 4.34. The fourth-order valence-electron chi connectivity index (χ4n) is 2.29. The van der Waals surface area contributed by atoms with Crippen LogP contribution >= 0.6 is 0 Å². The largest absolute Gasteiger partial charge is 0.398 e. The van der Waals surface area contributed by atoms with Gasteiger partial charge in [0.25, 0.3) is 5.91 Å². The van der Waals surface area contributed by atoms with E-state index < -0.39 is 0 Å². The summed E-state index contributed by atoms with van der Waals surface area (Å²) in [5.41, 5.74) is 8.99. The lowest BCUT2D eigenvalue weighted by molar-refractivity contribution is 0.0692. The van der Waals surface area contributed by atoms with Crippen LogP contribution in [0.2, 0.25) is 0 Å². The Bertz CT molecular complexity index is 578. The number of carbonyl (C=O) groups is 1. The van der Waals surface area contributed by atoms with E-state index in [9.17, 15) is 4.79 Å². The van der Waals surface area contributed by atoms with E-state index in [0.29, 0.717) is 13.1 Å². The summed E-state index contributed by atoms with van der Waals surface area (Å²) >= 11 is 0. The third-order valence-electron chi connectivity index (χ3n) is 3.24. The summed E-state index contributed by atoms with van der Waals surface area (Å²) in [5.74, 6) is 0.155. The molecule has 1 aliphatic heterocycles. The lowest BCUT2D eigenvalue weighted by Crippen LogP contribution is -2.36. The van der Waals surface area contributed by atoms with Gasteiger partial charge < -0.3 is 15.2 Å². The van der Waals surface area contributed by atoms with Gasteiger partial charge in [0.15, 0.2) is 0 Å². The van der Waals surface area contributed by atoms with Crippen LogP contribution in [0, 0.1) is 0 Å². The van der Waals surface area contributed by atoms with E-state index in [2.05, 4.69) is 5.16 Å². The number of hydrogen-bond donors (Lipinski definition) is 1. The number of fused-ring (bicyclic) bond motifs is 1. The summed E-state index contributed by atoms with van der Waals surface area (Å²) in [7, 11) is 0. The van der Waals surface area contributed by atoms with Gasteiger partial charge in [0.1, 0.15) is 0 Å². The van der Waals surface area contributed by atoms with Crippen molar-refractivity contribution in [3.8, 4) is 0 Å². The lowest BCUT2D eigenvalue weighted by atomic mass is 9.98. The van der Waals surface area contributed by atoms with Gasteiger partial charge in [-0.15, -0.1) is 0 Å². The predicted octanol–water partition coefficient (Wildman–Crippen LogP) is 1.46. The first-order valence-electron chi connectivity index (χ1n) is 5.82. The highest BCUT2D eigenvalue weighted by Gasteiger charge is 2.24. The minimum Gasteiger partial charge on any atom is -0.398 e. The molecule has 0 saturated carbocycles. The summed E-state index contributed by atoms with van der Waals surface area (Å²) in [6.45, 7) is 1.22. The zero-order valence-electron chi connectivity index (χ0n) is 9.80. The van der Waals surface area contributed by atoms with Crippen molar-refractivity contribution in [2.45, 2.75) is 13.0 Å². The van der Waals surface area contributed by atoms with Crippen molar-refractivity contribution >= 4 is 11.6 Å². The Balaban J connectivity index is 1.85. The average molecular weight is 243 g/mol. The minimum atomic E-state index is -0.124. The Morgan fingerprint density at radius 2 is 2.28 bits per heavy atom. The highest BCUT2D eigenvalue weighted by atomic mass is 16.5. The van der Waals surface area contributed by atoms with Gasteiger partial charge in [-0.05, 0) is 23.6 Å². The maximum absolute atomic E-state index is 12.1. The average Bonchev–Trinajstić information content (AvgIpc) is 2.91. The normalized spacial score (nSPS) is 14.3. The van der Waals surface area contributed by atoms with Crippen LogP contribution in [-0.4, -0.2) is 22.5 Å². The highest BCUT2D eigenvalue weighted by molar-refractivity contribution is 5.91. The Labute approximate surface area is 104 Å². The van der Waals surface area contributed by atoms with Crippen LogP contribution in [0.5, 0.6) is 0 Å². The smallest absolute Gasteiger partial charge is 0.292 e. The van der Waals surface area contributed by atoms with Crippen LogP contribution < -0.4 is 5.73 Å². The fourth-order valence-corrected chi connectivity index (χ4v) is 2.29. The fraction of sp³-hybridized carbons (Fsp3) is 0.231. The van der Waals surface area contributed by atoms with Crippen LogP contribution in [0.3, 0.4) is 0 Å². The number of rotatable bonds is 1. The Kier molecular flexibility index (Phi) is 2.51. The number of nitrogen functional groups attached to an aromatic ring is 1. The molecule has 1 amide bonds. The molecule has 0 radical (unpaired) electrons. The molecule has 1 aromatic heterocycles. The van der Waals surface area contributed by atoms with Gasteiger partial charge in [0.05, 0.1) is 6.20 Å². The van der Waals surface area contributed by atoms with E-state index in [1.807, 2.05) is 18.2 Å². The molecule has 0 bridgehead atoms. The van der Waals surface area contributed by atoms with Gasteiger partial charge in [-0.2, -0.15) is 0 Å². The minimum absolute atomic E-state index is 0.124. The molecule has 1 aliphatic rings. The van der Waals surface area contributed by atoms with E-state index in [-0.39, 0.29) is 11.7 Å². The molecule has 0 unspecified atom stereocenters. The first kappa shape index (κ1) is 10.8. The summed E-state index contributed by atoms with van der Waals surface area (Å²) in [4.78, 5) is 13.9. The molecule has 5 nitrogen and oxygen atoms in total. The number of benzene rings is 1. The molecule has 0 aliphatic carbocycles. The van der Waals surface area contributed by atoms with Crippen LogP contribution in [0.4, 0.5) is 5.69 Å². The number of anilines is 1. The second-order valence-electron chi connectivity index (χ2n) is 4.34. The standard InChI is InChI=1S/C13H13N3O2/c14-11-3-1-2-9-8-16(7-5-10(9)11)13(17)12-4-6-15-18-12/h1-4,6H,5,7-8,14H2. The number of carbonyl (C=O) groups excluding carboxylic acids is 1. The molecule has 1 aromatic carbocycles. The van der Waals surface area contributed by atoms with Crippen LogP contribution in [-0.2, 0) is 13.0 Å². The van der Waals surface area contributed by atoms with Crippen molar-refractivity contribution in [2.24, 2.45) is 0 Å². The first-order chi connectivity index (χ1) is 8.75. The van der Waals surface area contributed by atoms with E-state index in [4.69, 9.17) is 10.3 Å². The zero-order chi connectivity index (χ0) is 12.5. The number of nitrogens with zero attached hydrogens (tertiary/aromatic N) is 2. The van der Waals surface area contributed by atoms with Crippen LogP contribution in [0.15, 0.2) is 35.0 Å². The zero-order valence-corrected chi connectivity index (χ0v) is 9.80. The monoisotopic (exact) mass is 243 g/mol. The van der Waals surface area contributed by atoms with Crippen molar-refractivity contribution in [3.05, 3.63) is 47.3 Å². The lowest BCUT2D eigenvalue weighted by Gasteiger charge is -2.28. The van der Waals surface area contributed by atoms with Crippen LogP contribution in [0.1, 0.15) is 21.7 Å². The van der Waals surface area contributed by atoms with Crippen molar-refractivity contribution < 1.29 is 9.32 Å². The predicted molar refractivity (Wildman–Crippen MR) is 65.8 cm³/mol. The summed E-state index contributed by atoms with van der Waals surface area (Å²) in [6, 6.07) is 7.39. The number of hydrogen-bond acceptors (Lipinski definition) is 4. The van der Waals surface area contributed by atoms with E-state index in [1.54, 1.807) is 11.0 Å². The van der Waals surface area contributed by atoms with Gasteiger partial charge in [0.2, 0.25) is 5.76 Å². The molecule has 2 aromatic rings. The van der Waals surface area contributed by atoms with Gasteiger partial charge in [-0.1, -0.05) is 17.3 Å². The quantitative estimate of drug-likeness (QED) is 0.769. The first-order valence-corrected chi connectivity index (χ1v) is 5.82. The second kappa shape index (κ2) is 4.18. The molecule has 3 rings (SSSR count). The maximum atomic E-state index is 12.1. The van der Waals surface area contributed by atoms with Gasteiger partial charge in [-0.25, -0.2) is 0 Å². The van der Waals surface area contributed by atoms with Gasteiger partial charge in [-0.3, -0.25) is 4.79 Å². The maximum Gasteiger partial charge on any atom is 0.292 e. The third kappa shape index (κ3) is 1.73. The molecular formula is C13H13N3O2. The molecule has 2 N–H and O–H groups in total. The molecule has 2 heterocycles. The van der Waals surface area contributed by atoms with Crippen molar-refractivity contribution in [2.75, 3.05) is 12.3 Å².